The minimum atomic E-state index is -0.500. The van der Waals surface area contributed by atoms with E-state index in [-0.39, 0.29) is 5.91 Å². The number of halogens is 1. The molecule has 3 aromatic rings. The van der Waals surface area contributed by atoms with Crippen LogP contribution in [0.2, 0.25) is 5.02 Å². The Hall–Kier alpha value is -2.66. The van der Waals surface area contributed by atoms with Crippen molar-refractivity contribution in [2.45, 2.75) is 57.9 Å². The third-order valence-electron chi connectivity index (χ3n) is 6.01. The Balaban J connectivity index is 1.49. The smallest absolute Gasteiger partial charge is 0.230 e. The zero-order chi connectivity index (χ0) is 21.1. The number of aryl methyl sites for hydroxylation is 2. The number of nitrogens with one attached hydrogen (secondary N) is 1. The molecule has 30 heavy (non-hydrogen) atoms. The summed E-state index contributed by atoms with van der Waals surface area (Å²) in [5.74, 6) is 0.852. The number of hydrogen-bond donors (Lipinski definition) is 1. The van der Waals surface area contributed by atoms with Gasteiger partial charge in [-0.1, -0.05) is 49.1 Å². The van der Waals surface area contributed by atoms with Gasteiger partial charge in [-0.25, -0.2) is 9.67 Å². The number of benzene rings is 1. The zero-order valence-electron chi connectivity index (χ0n) is 17.5. The maximum Gasteiger partial charge on any atom is 0.230 e. The third kappa shape index (κ3) is 4.12. The molecule has 1 aromatic carbocycles. The van der Waals surface area contributed by atoms with Gasteiger partial charge in [0.1, 0.15) is 0 Å². The van der Waals surface area contributed by atoms with Crippen LogP contribution >= 0.6 is 11.6 Å². The lowest BCUT2D eigenvalue weighted by Gasteiger charge is -2.36. The molecule has 0 bridgehead atoms. The summed E-state index contributed by atoms with van der Waals surface area (Å²) in [5, 5.41) is 8.30. The first-order valence-electron chi connectivity index (χ1n) is 10.5. The van der Waals surface area contributed by atoms with Crippen molar-refractivity contribution in [1.82, 2.24) is 20.1 Å². The van der Waals surface area contributed by atoms with Crippen LogP contribution in [0.15, 0.2) is 48.7 Å². The SMILES string of the molecule is Cc1cc(C)n(-c2ccc(CNC(=O)C3(c4cccc(Cl)c4)CCCCC3)cn2)n1. The number of carbonyl (C=O) groups is 1. The van der Waals surface area contributed by atoms with Gasteiger partial charge in [0.25, 0.3) is 0 Å². The van der Waals surface area contributed by atoms with Gasteiger partial charge in [-0.05, 0) is 62.1 Å². The van der Waals surface area contributed by atoms with E-state index in [0.29, 0.717) is 11.6 Å². The van der Waals surface area contributed by atoms with E-state index < -0.39 is 5.41 Å². The highest BCUT2D eigenvalue weighted by Crippen LogP contribution is 2.40. The average molecular weight is 423 g/mol. The molecule has 156 valence electrons. The fourth-order valence-corrected chi connectivity index (χ4v) is 4.64. The molecule has 1 aliphatic carbocycles. The molecule has 0 radical (unpaired) electrons. The maximum absolute atomic E-state index is 13.4. The number of carbonyl (C=O) groups excluding carboxylic acids is 1. The number of aromatic nitrogens is 3. The number of amides is 1. The van der Waals surface area contributed by atoms with Gasteiger partial charge in [-0.15, -0.1) is 0 Å². The molecule has 1 saturated carbocycles. The maximum atomic E-state index is 13.4. The molecule has 1 amide bonds. The van der Waals surface area contributed by atoms with E-state index in [0.717, 1.165) is 54.0 Å². The van der Waals surface area contributed by atoms with Gasteiger partial charge in [0.05, 0.1) is 11.1 Å². The van der Waals surface area contributed by atoms with Crippen LogP contribution in [0.3, 0.4) is 0 Å². The normalized spacial score (nSPS) is 15.7. The summed E-state index contributed by atoms with van der Waals surface area (Å²) in [5.41, 5.74) is 3.49. The second-order valence-electron chi connectivity index (χ2n) is 8.20. The van der Waals surface area contributed by atoms with E-state index in [2.05, 4.69) is 15.4 Å². The first-order valence-corrected chi connectivity index (χ1v) is 10.9. The zero-order valence-corrected chi connectivity index (χ0v) is 18.2. The summed E-state index contributed by atoms with van der Waals surface area (Å²) in [7, 11) is 0. The van der Waals surface area contributed by atoms with E-state index >= 15 is 0 Å². The summed E-state index contributed by atoms with van der Waals surface area (Å²) >= 11 is 6.23. The molecule has 1 N–H and O–H groups in total. The summed E-state index contributed by atoms with van der Waals surface area (Å²) in [6.07, 6.45) is 6.80. The van der Waals surface area contributed by atoms with E-state index in [1.807, 2.05) is 61.0 Å². The summed E-state index contributed by atoms with van der Waals surface area (Å²) < 4.78 is 1.83. The molecule has 0 spiro atoms. The Bertz CT molecular complexity index is 1040. The fourth-order valence-electron chi connectivity index (χ4n) is 4.45. The molecule has 0 atom stereocenters. The Morgan fingerprint density at radius 1 is 1.13 bits per heavy atom. The van der Waals surface area contributed by atoms with E-state index in [9.17, 15) is 4.79 Å². The Kier molecular flexibility index (Phi) is 5.91. The van der Waals surface area contributed by atoms with Gasteiger partial charge in [0.2, 0.25) is 5.91 Å². The van der Waals surface area contributed by atoms with Gasteiger partial charge in [-0.3, -0.25) is 4.79 Å². The van der Waals surface area contributed by atoms with Crippen LogP contribution in [0.25, 0.3) is 5.82 Å². The Morgan fingerprint density at radius 3 is 2.57 bits per heavy atom. The van der Waals surface area contributed by atoms with Gasteiger partial charge in [-0.2, -0.15) is 5.10 Å². The number of hydrogen-bond acceptors (Lipinski definition) is 3. The highest BCUT2D eigenvalue weighted by Gasteiger charge is 2.41. The van der Waals surface area contributed by atoms with Crippen LogP contribution in [-0.2, 0) is 16.8 Å². The lowest BCUT2D eigenvalue weighted by atomic mass is 9.68. The van der Waals surface area contributed by atoms with Gasteiger partial charge in [0, 0.05) is 23.5 Å². The quantitative estimate of drug-likeness (QED) is 0.625. The Morgan fingerprint density at radius 2 is 1.93 bits per heavy atom. The third-order valence-corrected chi connectivity index (χ3v) is 6.24. The number of nitrogens with zero attached hydrogens (tertiary/aromatic N) is 3. The number of pyridine rings is 1. The summed E-state index contributed by atoms with van der Waals surface area (Å²) in [4.78, 5) is 17.9. The van der Waals surface area contributed by atoms with Crippen LogP contribution in [0.5, 0.6) is 0 Å². The second kappa shape index (κ2) is 8.60. The van der Waals surface area contributed by atoms with Crippen molar-refractivity contribution in [2.24, 2.45) is 0 Å². The molecule has 1 aliphatic rings. The number of rotatable bonds is 5. The van der Waals surface area contributed by atoms with Crippen molar-refractivity contribution in [1.29, 1.82) is 0 Å². The highest BCUT2D eigenvalue weighted by molar-refractivity contribution is 6.30. The molecule has 0 aliphatic heterocycles. The minimum absolute atomic E-state index is 0.0760. The van der Waals surface area contributed by atoms with E-state index in [4.69, 9.17) is 11.6 Å². The molecule has 4 rings (SSSR count). The molecular weight excluding hydrogens is 396 g/mol. The molecule has 0 saturated heterocycles. The largest absolute Gasteiger partial charge is 0.351 e. The first-order chi connectivity index (χ1) is 14.5. The van der Waals surface area contributed by atoms with Crippen molar-refractivity contribution < 1.29 is 4.79 Å². The molecule has 6 heteroatoms. The summed E-state index contributed by atoms with van der Waals surface area (Å²) in [6, 6.07) is 13.7. The topological polar surface area (TPSA) is 59.8 Å². The van der Waals surface area contributed by atoms with Crippen LogP contribution in [0.4, 0.5) is 0 Å². The molecule has 1 fully saturated rings. The second-order valence-corrected chi connectivity index (χ2v) is 8.64. The van der Waals surface area contributed by atoms with Crippen molar-refractivity contribution >= 4 is 17.5 Å². The van der Waals surface area contributed by atoms with Crippen molar-refractivity contribution in [3.63, 3.8) is 0 Å². The Labute approximate surface area is 182 Å². The molecule has 2 heterocycles. The van der Waals surface area contributed by atoms with Crippen LogP contribution in [-0.4, -0.2) is 20.7 Å². The molecule has 2 aromatic heterocycles. The van der Waals surface area contributed by atoms with Crippen LogP contribution < -0.4 is 5.32 Å². The van der Waals surface area contributed by atoms with Crippen molar-refractivity contribution in [3.05, 3.63) is 76.2 Å². The fraction of sp³-hybridized carbons (Fsp3) is 0.375. The average Bonchev–Trinajstić information content (AvgIpc) is 3.10. The summed E-state index contributed by atoms with van der Waals surface area (Å²) in [6.45, 7) is 4.43. The van der Waals surface area contributed by atoms with Gasteiger partial charge >= 0.3 is 0 Å². The lowest BCUT2D eigenvalue weighted by molar-refractivity contribution is -0.128. The van der Waals surface area contributed by atoms with Crippen LogP contribution in [0, 0.1) is 13.8 Å². The van der Waals surface area contributed by atoms with Crippen LogP contribution in [0.1, 0.15) is 54.6 Å². The standard InChI is InChI=1S/C24H27ClN4O/c1-17-13-18(2)29(28-17)22-10-9-19(15-26-22)16-27-23(30)24(11-4-3-5-12-24)20-7-6-8-21(25)14-20/h6-10,13-15H,3-5,11-12,16H2,1-2H3,(H,27,30). The van der Waals surface area contributed by atoms with Crippen molar-refractivity contribution in [3.8, 4) is 5.82 Å². The minimum Gasteiger partial charge on any atom is -0.351 e. The molecular formula is C24H27ClN4O. The predicted molar refractivity (Wildman–Crippen MR) is 119 cm³/mol. The first kappa shape index (κ1) is 20.6. The van der Waals surface area contributed by atoms with E-state index in [1.54, 1.807) is 6.20 Å². The monoisotopic (exact) mass is 422 g/mol. The van der Waals surface area contributed by atoms with Crippen molar-refractivity contribution in [2.75, 3.05) is 0 Å². The lowest BCUT2D eigenvalue weighted by Crippen LogP contribution is -2.45. The van der Waals surface area contributed by atoms with Gasteiger partial charge < -0.3 is 5.32 Å². The van der Waals surface area contributed by atoms with E-state index in [1.165, 1.54) is 6.42 Å². The molecule has 5 nitrogen and oxygen atoms in total. The highest BCUT2D eigenvalue weighted by atomic mass is 35.5. The molecule has 0 unspecified atom stereocenters. The predicted octanol–water partition coefficient (Wildman–Crippen LogP) is 5.06. The van der Waals surface area contributed by atoms with Gasteiger partial charge in [0.15, 0.2) is 5.82 Å².